The molecule has 0 aliphatic heterocycles. The van der Waals surface area contributed by atoms with Crippen molar-refractivity contribution in [3.05, 3.63) is 53.9 Å². The number of rotatable bonds is 4. The first-order chi connectivity index (χ1) is 9.60. The fraction of sp³-hybridized carbons (Fsp3) is 0.0714. The van der Waals surface area contributed by atoms with E-state index in [0.29, 0.717) is 5.69 Å². The van der Waals surface area contributed by atoms with Crippen molar-refractivity contribution >= 4 is 29.3 Å². The summed E-state index contributed by atoms with van der Waals surface area (Å²) in [6.07, 6.45) is 3.11. The highest BCUT2D eigenvalue weighted by molar-refractivity contribution is 7.98. The van der Waals surface area contributed by atoms with Crippen LogP contribution in [0.1, 0.15) is 20.8 Å². The molecular weight excluding hydrogens is 276 g/mol. The number of carboxylic acids is 1. The molecule has 1 aromatic carbocycles. The van der Waals surface area contributed by atoms with E-state index in [4.69, 9.17) is 5.11 Å². The van der Waals surface area contributed by atoms with Crippen molar-refractivity contribution in [2.24, 2.45) is 0 Å². The Morgan fingerprint density at radius 2 is 2.05 bits per heavy atom. The molecule has 0 fully saturated rings. The standard InChI is InChI=1S/C14H12N2O3S/c1-20-11-4-2-3-10(7-11)16-13(17)12-6-5-9(8-15-12)14(18)19/h2-8H,1H3,(H,16,17)(H,18,19). The maximum atomic E-state index is 12.0. The summed E-state index contributed by atoms with van der Waals surface area (Å²) in [6.45, 7) is 0. The molecule has 0 radical (unpaired) electrons. The number of anilines is 1. The zero-order chi connectivity index (χ0) is 14.5. The second-order valence-corrected chi connectivity index (χ2v) is 4.80. The zero-order valence-electron chi connectivity index (χ0n) is 10.7. The largest absolute Gasteiger partial charge is 0.478 e. The Kier molecular flexibility index (Phi) is 4.37. The first-order valence-electron chi connectivity index (χ1n) is 5.75. The van der Waals surface area contributed by atoms with Crippen LogP contribution < -0.4 is 5.32 Å². The van der Waals surface area contributed by atoms with Crippen molar-refractivity contribution < 1.29 is 14.7 Å². The number of thioether (sulfide) groups is 1. The summed E-state index contributed by atoms with van der Waals surface area (Å²) in [4.78, 5) is 27.5. The lowest BCUT2D eigenvalue weighted by Gasteiger charge is -2.06. The summed E-state index contributed by atoms with van der Waals surface area (Å²) in [6, 6.07) is 10.2. The predicted molar refractivity (Wildman–Crippen MR) is 77.4 cm³/mol. The van der Waals surface area contributed by atoms with Gasteiger partial charge in [0.25, 0.3) is 5.91 Å². The molecule has 1 amide bonds. The van der Waals surface area contributed by atoms with Gasteiger partial charge in [-0.2, -0.15) is 0 Å². The maximum Gasteiger partial charge on any atom is 0.337 e. The maximum absolute atomic E-state index is 12.0. The van der Waals surface area contributed by atoms with Gasteiger partial charge in [-0.15, -0.1) is 11.8 Å². The van der Waals surface area contributed by atoms with E-state index in [2.05, 4.69) is 10.3 Å². The van der Waals surface area contributed by atoms with Crippen LogP contribution in [-0.4, -0.2) is 28.2 Å². The molecule has 0 aliphatic carbocycles. The van der Waals surface area contributed by atoms with Crippen LogP contribution in [0.4, 0.5) is 5.69 Å². The van der Waals surface area contributed by atoms with Crippen LogP contribution in [0.2, 0.25) is 0 Å². The average Bonchev–Trinajstić information content (AvgIpc) is 2.47. The van der Waals surface area contributed by atoms with Crippen molar-refractivity contribution in [3.63, 3.8) is 0 Å². The number of amides is 1. The molecule has 2 N–H and O–H groups in total. The number of carbonyl (C=O) groups is 2. The van der Waals surface area contributed by atoms with Crippen LogP contribution >= 0.6 is 11.8 Å². The second kappa shape index (κ2) is 6.21. The lowest BCUT2D eigenvalue weighted by molar-refractivity contribution is 0.0696. The van der Waals surface area contributed by atoms with Crippen molar-refractivity contribution in [3.8, 4) is 0 Å². The first kappa shape index (κ1) is 14.1. The highest BCUT2D eigenvalue weighted by atomic mass is 32.2. The Labute approximate surface area is 120 Å². The van der Waals surface area contributed by atoms with Crippen LogP contribution in [0.5, 0.6) is 0 Å². The number of aromatic nitrogens is 1. The molecule has 0 spiro atoms. The Bertz CT molecular complexity index is 641. The monoisotopic (exact) mass is 288 g/mol. The van der Waals surface area contributed by atoms with Gasteiger partial charge in [0.1, 0.15) is 5.69 Å². The summed E-state index contributed by atoms with van der Waals surface area (Å²) < 4.78 is 0. The lowest BCUT2D eigenvalue weighted by atomic mass is 10.2. The fourth-order valence-corrected chi connectivity index (χ4v) is 2.01. The molecule has 2 rings (SSSR count). The molecule has 0 aliphatic rings. The van der Waals surface area contributed by atoms with E-state index in [-0.39, 0.29) is 17.2 Å². The third kappa shape index (κ3) is 3.36. The summed E-state index contributed by atoms with van der Waals surface area (Å²) >= 11 is 1.58. The number of pyridine rings is 1. The number of carboxylic acid groups (broad SMARTS) is 1. The number of hydrogen-bond donors (Lipinski definition) is 2. The van der Waals surface area contributed by atoms with Gasteiger partial charge in [-0.1, -0.05) is 6.07 Å². The first-order valence-corrected chi connectivity index (χ1v) is 6.97. The Hall–Kier alpha value is -2.34. The summed E-state index contributed by atoms with van der Waals surface area (Å²) in [5, 5.41) is 11.5. The molecule has 20 heavy (non-hydrogen) atoms. The highest BCUT2D eigenvalue weighted by Gasteiger charge is 2.09. The SMILES string of the molecule is CSc1cccc(NC(=O)c2ccc(C(=O)O)cn2)c1. The molecule has 0 bridgehead atoms. The van der Waals surface area contributed by atoms with E-state index in [9.17, 15) is 9.59 Å². The minimum absolute atomic E-state index is 0.0472. The zero-order valence-corrected chi connectivity index (χ0v) is 11.5. The van der Waals surface area contributed by atoms with Gasteiger partial charge in [-0.3, -0.25) is 9.78 Å². The van der Waals surface area contributed by atoms with Gasteiger partial charge in [-0.25, -0.2) is 4.79 Å². The molecule has 5 nitrogen and oxygen atoms in total. The number of hydrogen-bond acceptors (Lipinski definition) is 4. The van der Waals surface area contributed by atoms with Gasteiger partial charge in [-0.05, 0) is 36.6 Å². The molecule has 0 saturated carbocycles. The number of carbonyl (C=O) groups excluding carboxylic acids is 1. The third-order valence-electron chi connectivity index (χ3n) is 2.57. The van der Waals surface area contributed by atoms with Gasteiger partial charge >= 0.3 is 5.97 Å². The van der Waals surface area contributed by atoms with Crippen LogP contribution in [0.3, 0.4) is 0 Å². The van der Waals surface area contributed by atoms with Gasteiger partial charge in [0, 0.05) is 16.8 Å². The van der Waals surface area contributed by atoms with Crippen molar-refractivity contribution in [2.45, 2.75) is 4.90 Å². The minimum atomic E-state index is -1.07. The van der Waals surface area contributed by atoms with Crippen molar-refractivity contribution in [1.29, 1.82) is 0 Å². The molecule has 1 aromatic heterocycles. The van der Waals surface area contributed by atoms with Crippen molar-refractivity contribution in [2.75, 3.05) is 11.6 Å². The quantitative estimate of drug-likeness (QED) is 0.846. The number of benzene rings is 1. The van der Waals surface area contributed by atoms with E-state index in [1.165, 1.54) is 12.1 Å². The molecule has 102 valence electrons. The van der Waals surface area contributed by atoms with Crippen LogP contribution in [0.25, 0.3) is 0 Å². The lowest BCUT2D eigenvalue weighted by Crippen LogP contribution is -2.14. The molecule has 6 heteroatoms. The van der Waals surface area contributed by atoms with E-state index in [1.54, 1.807) is 17.8 Å². The average molecular weight is 288 g/mol. The van der Waals surface area contributed by atoms with Gasteiger partial charge < -0.3 is 10.4 Å². The molecule has 1 heterocycles. The van der Waals surface area contributed by atoms with Crippen molar-refractivity contribution in [1.82, 2.24) is 4.98 Å². The fourth-order valence-electron chi connectivity index (χ4n) is 1.55. The predicted octanol–water partition coefficient (Wildman–Crippen LogP) is 2.75. The summed E-state index contributed by atoms with van der Waals surface area (Å²) in [5.74, 6) is -1.45. The highest BCUT2D eigenvalue weighted by Crippen LogP contribution is 2.19. The molecule has 0 unspecified atom stereocenters. The topological polar surface area (TPSA) is 79.3 Å². The van der Waals surface area contributed by atoms with Gasteiger partial charge in [0.2, 0.25) is 0 Å². The molecule has 2 aromatic rings. The number of nitrogens with zero attached hydrogens (tertiary/aromatic N) is 1. The number of aromatic carboxylic acids is 1. The number of nitrogens with one attached hydrogen (secondary N) is 1. The van der Waals surface area contributed by atoms with E-state index >= 15 is 0 Å². The Morgan fingerprint density at radius 1 is 1.25 bits per heavy atom. The normalized spacial score (nSPS) is 10.1. The molecule has 0 atom stereocenters. The van der Waals surface area contributed by atoms with E-state index < -0.39 is 5.97 Å². The smallest absolute Gasteiger partial charge is 0.337 e. The van der Waals surface area contributed by atoms with Gasteiger partial charge in [0.15, 0.2) is 0 Å². The van der Waals surface area contributed by atoms with Gasteiger partial charge in [0.05, 0.1) is 5.56 Å². The third-order valence-corrected chi connectivity index (χ3v) is 3.30. The van der Waals surface area contributed by atoms with Crippen LogP contribution in [-0.2, 0) is 0 Å². The Morgan fingerprint density at radius 3 is 2.65 bits per heavy atom. The molecular formula is C14H12N2O3S. The van der Waals surface area contributed by atoms with E-state index in [0.717, 1.165) is 11.1 Å². The summed E-state index contributed by atoms with van der Waals surface area (Å²) in [5.41, 5.74) is 0.890. The van der Waals surface area contributed by atoms with E-state index in [1.807, 2.05) is 24.5 Å². The minimum Gasteiger partial charge on any atom is -0.478 e. The summed E-state index contributed by atoms with van der Waals surface area (Å²) in [7, 11) is 0. The molecule has 0 saturated heterocycles. The van der Waals surface area contributed by atoms with Crippen LogP contribution in [0.15, 0.2) is 47.5 Å². The second-order valence-electron chi connectivity index (χ2n) is 3.92. The Balaban J connectivity index is 2.13. The van der Waals surface area contributed by atoms with Crippen LogP contribution in [0, 0.1) is 0 Å².